The number of hydrogen-bond donors (Lipinski definition) is 0. The normalized spacial score (nSPS) is 20.5. The van der Waals surface area contributed by atoms with Crippen molar-refractivity contribution in [2.75, 3.05) is 28.2 Å². The van der Waals surface area contributed by atoms with Gasteiger partial charge < -0.3 is 9.80 Å². The van der Waals surface area contributed by atoms with Crippen LogP contribution in [-0.4, -0.2) is 49.6 Å². The van der Waals surface area contributed by atoms with Crippen molar-refractivity contribution in [3.63, 3.8) is 0 Å². The van der Waals surface area contributed by atoms with Crippen LogP contribution < -0.4 is 0 Å². The SMILES string of the molecule is CN(C)C=CC=CC=CC(=O)C1CCCC(=CC=CC=CN(C)C)C1=O. The molecule has 1 saturated carbocycles. The maximum Gasteiger partial charge on any atom is 0.169 e. The summed E-state index contributed by atoms with van der Waals surface area (Å²) >= 11 is 0. The molecule has 0 bridgehead atoms. The zero-order valence-corrected chi connectivity index (χ0v) is 16.3. The predicted molar refractivity (Wildman–Crippen MR) is 109 cm³/mol. The van der Waals surface area contributed by atoms with Gasteiger partial charge in [-0.25, -0.2) is 0 Å². The highest BCUT2D eigenvalue weighted by Gasteiger charge is 2.30. The van der Waals surface area contributed by atoms with Crippen molar-refractivity contribution >= 4 is 11.6 Å². The summed E-state index contributed by atoms with van der Waals surface area (Å²) in [5.74, 6) is -0.690. The molecule has 0 aromatic rings. The van der Waals surface area contributed by atoms with Crippen LogP contribution in [0.4, 0.5) is 0 Å². The van der Waals surface area contributed by atoms with Gasteiger partial charge in [-0.15, -0.1) is 0 Å². The first kappa shape index (κ1) is 21.4. The molecule has 0 aromatic heterocycles. The topological polar surface area (TPSA) is 40.6 Å². The molecule has 0 N–H and O–H groups in total. The second-order valence-electron chi connectivity index (χ2n) is 6.64. The Morgan fingerprint density at radius 3 is 2.08 bits per heavy atom. The van der Waals surface area contributed by atoms with Crippen LogP contribution in [0, 0.1) is 5.92 Å². The van der Waals surface area contributed by atoms with Gasteiger partial charge in [-0.2, -0.15) is 0 Å². The molecule has 0 spiro atoms. The number of Topliss-reactive ketones (excluding diaryl/α,β-unsaturated/α-hetero) is 1. The Bertz CT molecular complexity index is 647. The molecule has 0 radical (unpaired) electrons. The molecule has 26 heavy (non-hydrogen) atoms. The molecular formula is C22H30N2O2. The molecule has 1 aliphatic rings. The van der Waals surface area contributed by atoms with E-state index in [4.69, 9.17) is 0 Å². The number of hydrogen-bond acceptors (Lipinski definition) is 4. The molecule has 1 atom stereocenters. The lowest BCUT2D eigenvalue weighted by Crippen LogP contribution is -2.27. The molecule has 0 saturated heterocycles. The average molecular weight is 354 g/mol. The van der Waals surface area contributed by atoms with Crippen molar-refractivity contribution in [2.24, 2.45) is 5.92 Å². The highest BCUT2D eigenvalue weighted by molar-refractivity contribution is 6.14. The number of rotatable bonds is 8. The van der Waals surface area contributed by atoms with E-state index in [1.54, 1.807) is 12.2 Å². The van der Waals surface area contributed by atoms with Crippen molar-refractivity contribution in [2.45, 2.75) is 19.3 Å². The maximum absolute atomic E-state index is 12.5. The van der Waals surface area contributed by atoms with Gasteiger partial charge in [-0.3, -0.25) is 9.59 Å². The third kappa shape index (κ3) is 8.47. The first-order valence-electron chi connectivity index (χ1n) is 8.88. The van der Waals surface area contributed by atoms with E-state index in [9.17, 15) is 9.59 Å². The van der Waals surface area contributed by atoms with E-state index >= 15 is 0 Å². The van der Waals surface area contributed by atoms with Gasteiger partial charge in [0, 0.05) is 28.2 Å². The summed E-state index contributed by atoms with van der Waals surface area (Å²) in [4.78, 5) is 28.7. The summed E-state index contributed by atoms with van der Waals surface area (Å²) in [6.45, 7) is 0. The Kier molecular flexibility index (Phi) is 9.77. The minimum atomic E-state index is -0.539. The maximum atomic E-state index is 12.5. The molecule has 1 fully saturated rings. The Morgan fingerprint density at radius 1 is 0.885 bits per heavy atom. The molecule has 0 aliphatic heterocycles. The van der Waals surface area contributed by atoms with Crippen molar-refractivity contribution in [3.05, 3.63) is 72.7 Å². The fraction of sp³-hybridized carbons (Fsp3) is 0.364. The fourth-order valence-corrected chi connectivity index (χ4v) is 2.49. The minimum absolute atomic E-state index is 0.0383. The molecule has 4 nitrogen and oxygen atoms in total. The third-order valence-corrected chi connectivity index (χ3v) is 3.80. The highest BCUT2D eigenvalue weighted by Crippen LogP contribution is 2.26. The van der Waals surface area contributed by atoms with E-state index in [0.29, 0.717) is 6.42 Å². The van der Waals surface area contributed by atoms with Crippen molar-refractivity contribution in [1.29, 1.82) is 0 Å². The van der Waals surface area contributed by atoms with E-state index in [1.165, 1.54) is 6.08 Å². The van der Waals surface area contributed by atoms with E-state index in [-0.39, 0.29) is 11.6 Å². The molecule has 140 valence electrons. The summed E-state index contributed by atoms with van der Waals surface area (Å²) < 4.78 is 0. The van der Waals surface area contributed by atoms with Gasteiger partial charge in [0.15, 0.2) is 11.6 Å². The summed E-state index contributed by atoms with van der Waals surface area (Å²) in [6, 6.07) is 0. The highest BCUT2D eigenvalue weighted by atomic mass is 16.1. The number of carbonyl (C=O) groups is 2. The third-order valence-electron chi connectivity index (χ3n) is 3.80. The number of allylic oxidation sites excluding steroid dienone is 10. The van der Waals surface area contributed by atoms with Gasteiger partial charge in [0.1, 0.15) is 0 Å². The van der Waals surface area contributed by atoms with Crippen LogP contribution in [-0.2, 0) is 9.59 Å². The average Bonchev–Trinajstić information content (AvgIpc) is 2.58. The van der Waals surface area contributed by atoms with Crippen LogP contribution in [0.3, 0.4) is 0 Å². The van der Waals surface area contributed by atoms with Crippen LogP contribution >= 0.6 is 0 Å². The van der Waals surface area contributed by atoms with Crippen LogP contribution in [0.2, 0.25) is 0 Å². The lowest BCUT2D eigenvalue weighted by atomic mass is 9.81. The van der Waals surface area contributed by atoms with Crippen LogP contribution in [0.1, 0.15) is 19.3 Å². The van der Waals surface area contributed by atoms with Crippen molar-refractivity contribution in [3.8, 4) is 0 Å². The van der Waals surface area contributed by atoms with E-state index in [1.807, 2.05) is 86.8 Å². The lowest BCUT2D eigenvalue weighted by Gasteiger charge is -2.20. The molecule has 0 heterocycles. The van der Waals surface area contributed by atoms with E-state index < -0.39 is 5.92 Å². The Balaban J connectivity index is 2.64. The van der Waals surface area contributed by atoms with Gasteiger partial charge in [-0.05, 0) is 55.5 Å². The first-order chi connectivity index (χ1) is 12.4. The zero-order chi connectivity index (χ0) is 19.4. The Labute approximate surface area is 157 Å². The second kappa shape index (κ2) is 11.9. The fourth-order valence-electron chi connectivity index (χ4n) is 2.49. The van der Waals surface area contributed by atoms with Gasteiger partial charge in [0.2, 0.25) is 0 Å². The quantitative estimate of drug-likeness (QED) is 0.379. The van der Waals surface area contributed by atoms with Crippen molar-refractivity contribution in [1.82, 2.24) is 9.80 Å². The van der Waals surface area contributed by atoms with Gasteiger partial charge in [0.05, 0.1) is 5.92 Å². The summed E-state index contributed by atoms with van der Waals surface area (Å²) in [5.41, 5.74) is 0.738. The van der Waals surface area contributed by atoms with E-state index in [0.717, 1.165) is 18.4 Å². The molecule has 1 aliphatic carbocycles. The Hall–Kier alpha value is -2.62. The van der Waals surface area contributed by atoms with Gasteiger partial charge in [0.25, 0.3) is 0 Å². The predicted octanol–water partition coefficient (Wildman–Crippen LogP) is 3.67. The van der Waals surface area contributed by atoms with E-state index in [2.05, 4.69) is 0 Å². The number of carbonyl (C=O) groups excluding carboxylic acids is 2. The minimum Gasteiger partial charge on any atom is -0.383 e. The largest absolute Gasteiger partial charge is 0.383 e. The van der Waals surface area contributed by atoms with Crippen LogP contribution in [0.15, 0.2) is 72.7 Å². The molecule has 1 unspecified atom stereocenters. The van der Waals surface area contributed by atoms with Crippen LogP contribution in [0.5, 0.6) is 0 Å². The van der Waals surface area contributed by atoms with Crippen LogP contribution in [0.25, 0.3) is 0 Å². The smallest absolute Gasteiger partial charge is 0.169 e. The molecule has 0 amide bonds. The lowest BCUT2D eigenvalue weighted by molar-refractivity contribution is -0.129. The van der Waals surface area contributed by atoms with Crippen molar-refractivity contribution < 1.29 is 9.59 Å². The van der Waals surface area contributed by atoms with Gasteiger partial charge in [-0.1, -0.05) is 36.5 Å². The zero-order valence-electron chi connectivity index (χ0n) is 16.3. The molecule has 0 aromatic carbocycles. The second-order valence-corrected chi connectivity index (χ2v) is 6.64. The molecule has 4 heteroatoms. The summed E-state index contributed by atoms with van der Waals surface area (Å²) in [6.07, 6.45) is 22.3. The monoisotopic (exact) mass is 354 g/mol. The van der Waals surface area contributed by atoms with Gasteiger partial charge >= 0.3 is 0 Å². The molecule has 1 rings (SSSR count). The number of nitrogens with zero attached hydrogens (tertiary/aromatic N) is 2. The summed E-state index contributed by atoms with van der Waals surface area (Å²) in [5, 5.41) is 0. The molecular weight excluding hydrogens is 324 g/mol. The number of ketones is 2. The standard InChI is InChI=1S/C22H30N2O2/c1-23(2)17-10-6-5-9-16-21(25)20-15-12-14-19(22(20)26)13-8-7-11-18-24(3)4/h5-11,13,16-18,20H,12,14-15H2,1-4H3. The Morgan fingerprint density at radius 2 is 1.46 bits per heavy atom. The first-order valence-corrected chi connectivity index (χ1v) is 8.88. The summed E-state index contributed by atoms with van der Waals surface area (Å²) in [7, 11) is 7.78.